The van der Waals surface area contributed by atoms with Crippen LogP contribution in [0.5, 0.6) is 0 Å². The molecule has 3 rings (SSSR count). The molecular formula is C15H25N5. The van der Waals surface area contributed by atoms with Crippen molar-refractivity contribution in [2.75, 3.05) is 38.5 Å². The SMILES string of the molecule is Cc1nc(NCC2CCNCC2)nc2c1CN(C)CC2. The Balaban J connectivity index is 1.66. The van der Waals surface area contributed by atoms with Crippen molar-refractivity contribution in [3.63, 3.8) is 0 Å². The first-order valence-corrected chi connectivity index (χ1v) is 7.72. The monoisotopic (exact) mass is 275 g/mol. The van der Waals surface area contributed by atoms with Gasteiger partial charge in [-0.15, -0.1) is 0 Å². The molecular weight excluding hydrogens is 250 g/mol. The number of aromatic nitrogens is 2. The average molecular weight is 275 g/mol. The molecule has 2 N–H and O–H groups in total. The first-order chi connectivity index (χ1) is 9.72. The van der Waals surface area contributed by atoms with Gasteiger partial charge in [0.1, 0.15) is 0 Å². The smallest absolute Gasteiger partial charge is 0.223 e. The Morgan fingerprint density at radius 3 is 2.90 bits per heavy atom. The van der Waals surface area contributed by atoms with Crippen molar-refractivity contribution < 1.29 is 0 Å². The van der Waals surface area contributed by atoms with Crippen LogP contribution >= 0.6 is 0 Å². The van der Waals surface area contributed by atoms with E-state index in [2.05, 4.69) is 34.5 Å². The van der Waals surface area contributed by atoms with Crippen molar-refractivity contribution in [3.8, 4) is 0 Å². The van der Waals surface area contributed by atoms with E-state index in [1.165, 1.54) is 24.1 Å². The fourth-order valence-corrected chi connectivity index (χ4v) is 3.11. The molecule has 110 valence electrons. The van der Waals surface area contributed by atoms with Crippen molar-refractivity contribution in [3.05, 3.63) is 17.0 Å². The molecule has 20 heavy (non-hydrogen) atoms. The van der Waals surface area contributed by atoms with Gasteiger partial charge in [0, 0.05) is 37.3 Å². The van der Waals surface area contributed by atoms with Gasteiger partial charge in [0.2, 0.25) is 5.95 Å². The van der Waals surface area contributed by atoms with Gasteiger partial charge < -0.3 is 15.5 Å². The Kier molecular flexibility index (Phi) is 4.17. The first-order valence-electron chi connectivity index (χ1n) is 7.72. The minimum atomic E-state index is 0.752. The third-order valence-electron chi connectivity index (χ3n) is 4.47. The Morgan fingerprint density at radius 2 is 2.10 bits per heavy atom. The summed E-state index contributed by atoms with van der Waals surface area (Å²) in [5.41, 5.74) is 3.70. The third kappa shape index (κ3) is 3.10. The maximum Gasteiger partial charge on any atom is 0.223 e. The highest BCUT2D eigenvalue weighted by atomic mass is 15.1. The molecule has 3 heterocycles. The normalized spacial score (nSPS) is 20.7. The van der Waals surface area contributed by atoms with Crippen LogP contribution in [-0.4, -0.2) is 48.1 Å². The van der Waals surface area contributed by atoms with E-state index in [-0.39, 0.29) is 0 Å². The van der Waals surface area contributed by atoms with Crippen molar-refractivity contribution in [2.24, 2.45) is 5.92 Å². The summed E-state index contributed by atoms with van der Waals surface area (Å²) in [6.07, 6.45) is 3.54. The molecule has 0 bridgehead atoms. The van der Waals surface area contributed by atoms with Crippen LogP contribution in [-0.2, 0) is 13.0 Å². The van der Waals surface area contributed by atoms with Gasteiger partial charge in [0.15, 0.2) is 0 Å². The lowest BCUT2D eigenvalue weighted by molar-refractivity contribution is 0.308. The van der Waals surface area contributed by atoms with Crippen LogP contribution in [0, 0.1) is 12.8 Å². The molecule has 1 aromatic heterocycles. The van der Waals surface area contributed by atoms with Crippen molar-refractivity contribution in [2.45, 2.75) is 32.7 Å². The maximum atomic E-state index is 4.73. The lowest BCUT2D eigenvalue weighted by Gasteiger charge is -2.26. The molecule has 1 aromatic rings. The molecule has 0 saturated carbocycles. The second-order valence-corrected chi connectivity index (χ2v) is 6.12. The van der Waals surface area contributed by atoms with E-state index in [4.69, 9.17) is 4.98 Å². The van der Waals surface area contributed by atoms with Gasteiger partial charge in [0.25, 0.3) is 0 Å². The van der Waals surface area contributed by atoms with Crippen molar-refractivity contribution in [1.82, 2.24) is 20.2 Å². The summed E-state index contributed by atoms with van der Waals surface area (Å²) in [5.74, 6) is 1.58. The minimum Gasteiger partial charge on any atom is -0.354 e. The third-order valence-corrected chi connectivity index (χ3v) is 4.47. The number of hydrogen-bond acceptors (Lipinski definition) is 5. The van der Waals surface area contributed by atoms with Gasteiger partial charge in [-0.3, -0.25) is 0 Å². The molecule has 0 atom stereocenters. The van der Waals surface area contributed by atoms with E-state index in [0.29, 0.717) is 0 Å². The fourth-order valence-electron chi connectivity index (χ4n) is 3.11. The second-order valence-electron chi connectivity index (χ2n) is 6.12. The van der Waals surface area contributed by atoms with Crippen LogP contribution in [0.15, 0.2) is 0 Å². The molecule has 2 aliphatic heterocycles. The molecule has 5 heteroatoms. The Morgan fingerprint density at radius 1 is 1.30 bits per heavy atom. The minimum absolute atomic E-state index is 0.752. The molecule has 0 radical (unpaired) electrons. The van der Waals surface area contributed by atoms with Gasteiger partial charge in [-0.1, -0.05) is 0 Å². The predicted octanol–water partition coefficient (Wildman–Crippen LogP) is 1.18. The van der Waals surface area contributed by atoms with Gasteiger partial charge in [-0.25, -0.2) is 9.97 Å². The summed E-state index contributed by atoms with van der Waals surface area (Å²) < 4.78 is 0. The summed E-state index contributed by atoms with van der Waals surface area (Å²) in [7, 11) is 2.16. The quantitative estimate of drug-likeness (QED) is 0.868. The molecule has 0 aromatic carbocycles. The summed E-state index contributed by atoms with van der Waals surface area (Å²) in [6, 6.07) is 0. The van der Waals surface area contributed by atoms with Gasteiger partial charge in [-0.2, -0.15) is 0 Å². The van der Waals surface area contributed by atoms with Gasteiger partial charge in [0.05, 0.1) is 5.69 Å². The van der Waals surface area contributed by atoms with Gasteiger partial charge >= 0.3 is 0 Å². The number of nitrogens with zero attached hydrogens (tertiary/aromatic N) is 3. The topological polar surface area (TPSA) is 53.1 Å². The van der Waals surface area contributed by atoms with Crippen LogP contribution in [0.3, 0.4) is 0 Å². The van der Waals surface area contributed by atoms with E-state index in [9.17, 15) is 0 Å². The van der Waals surface area contributed by atoms with E-state index < -0.39 is 0 Å². The lowest BCUT2D eigenvalue weighted by Crippen LogP contribution is -2.32. The van der Waals surface area contributed by atoms with Crippen LogP contribution in [0.2, 0.25) is 0 Å². The number of hydrogen-bond donors (Lipinski definition) is 2. The number of piperidine rings is 1. The fraction of sp³-hybridized carbons (Fsp3) is 0.733. The number of aryl methyl sites for hydroxylation is 1. The highest BCUT2D eigenvalue weighted by molar-refractivity contribution is 5.35. The van der Waals surface area contributed by atoms with E-state index in [1.54, 1.807) is 0 Å². The number of anilines is 1. The van der Waals surface area contributed by atoms with Crippen LogP contribution in [0.25, 0.3) is 0 Å². The zero-order chi connectivity index (χ0) is 13.9. The zero-order valence-corrected chi connectivity index (χ0v) is 12.6. The predicted molar refractivity (Wildman–Crippen MR) is 80.9 cm³/mol. The average Bonchev–Trinajstić information content (AvgIpc) is 2.47. The van der Waals surface area contributed by atoms with E-state index >= 15 is 0 Å². The molecule has 0 spiro atoms. The van der Waals surface area contributed by atoms with Crippen LogP contribution in [0.4, 0.5) is 5.95 Å². The summed E-state index contributed by atoms with van der Waals surface area (Å²) in [6.45, 7) is 7.47. The molecule has 0 unspecified atom stereocenters. The Hall–Kier alpha value is -1.20. The number of likely N-dealkylation sites (N-methyl/N-ethyl adjacent to an activating group) is 1. The summed E-state index contributed by atoms with van der Waals surface area (Å²) in [5, 5.41) is 6.86. The van der Waals surface area contributed by atoms with Crippen molar-refractivity contribution >= 4 is 5.95 Å². The molecule has 0 amide bonds. The second kappa shape index (κ2) is 6.06. The standard InChI is InChI=1S/C15H25N5/c1-11-13-10-20(2)8-5-14(13)19-15(18-11)17-9-12-3-6-16-7-4-12/h12,16H,3-10H2,1-2H3,(H,17,18,19). The highest BCUT2D eigenvalue weighted by Crippen LogP contribution is 2.20. The largest absolute Gasteiger partial charge is 0.354 e. The highest BCUT2D eigenvalue weighted by Gasteiger charge is 2.19. The number of nitrogens with one attached hydrogen (secondary N) is 2. The van der Waals surface area contributed by atoms with E-state index in [0.717, 1.165) is 56.7 Å². The molecule has 2 aliphatic rings. The zero-order valence-electron chi connectivity index (χ0n) is 12.6. The lowest BCUT2D eigenvalue weighted by atomic mass is 9.98. The maximum absolute atomic E-state index is 4.73. The molecule has 0 aliphatic carbocycles. The number of fused-ring (bicyclic) bond motifs is 1. The first kappa shape index (κ1) is 13.8. The Bertz CT molecular complexity index is 468. The van der Waals surface area contributed by atoms with Gasteiger partial charge in [-0.05, 0) is 45.8 Å². The molecule has 1 saturated heterocycles. The number of rotatable bonds is 3. The molecule has 5 nitrogen and oxygen atoms in total. The summed E-state index contributed by atoms with van der Waals surface area (Å²) in [4.78, 5) is 11.7. The van der Waals surface area contributed by atoms with Crippen LogP contribution in [0.1, 0.15) is 29.8 Å². The molecule has 1 fully saturated rings. The van der Waals surface area contributed by atoms with Crippen LogP contribution < -0.4 is 10.6 Å². The Labute approximate surface area is 121 Å². The summed E-state index contributed by atoms with van der Waals surface area (Å²) >= 11 is 0. The van der Waals surface area contributed by atoms with E-state index in [1.807, 2.05) is 0 Å². The van der Waals surface area contributed by atoms with Crippen molar-refractivity contribution in [1.29, 1.82) is 0 Å².